The zero-order chi connectivity index (χ0) is 17.1. The fourth-order valence-corrected chi connectivity index (χ4v) is 2.08. The first kappa shape index (κ1) is 18.3. The van der Waals surface area contributed by atoms with Gasteiger partial charge in [0, 0.05) is 6.54 Å². The van der Waals surface area contributed by atoms with E-state index < -0.39 is 29.4 Å². The molecule has 2 amide bonds. The second-order valence-corrected chi connectivity index (χ2v) is 7.35. The number of hydrogen-bond acceptors (Lipinski definition) is 4. The molecule has 1 atom stereocenters. The molecule has 0 unspecified atom stereocenters. The molecule has 1 rings (SSSR count). The van der Waals surface area contributed by atoms with E-state index >= 15 is 0 Å². The maximum atomic E-state index is 12.2. The highest BCUT2D eigenvalue weighted by molar-refractivity contribution is 5.96. The lowest BCUT2D eigenvalue weighted by molar-refractivity contribution is 0.0263. The molecule has 7 nitrogen and oxygen atoms in total. The SMILES string of the molecule is CC(C)(C)OC(=O)N=C(N)[C@H]1CCCN1C(=O)OC(C)(C)C. The van der Waals surface area contributed by atoms with Crippen molar-refractivity contribution in [3.8, 4) is 0 Å². The predicted octanol–water partition coefficient (Wildman–Crippen LogP) is 2.68. The Kier molecular flexibility index (Phi) is 5.43. The number of ether oxygens (including phenoxy) is 2. The lowest BCUT2D eigenvalue weighted by Crippen LogP contribution is -2.46. The molecule has 1 aliphatic rings. The highest BCUT2D eigenvalue weighted by Crippen LogP contribution is 2.21. The van der Waals surface area contributed by atoms with E-state index in [-0.39, 0.29) is 5.84 Å². The molecule has 7 heteroatoms. The average molecular weight is 313 g/mol. The summed E-state index contributed by atoms with van der Waals surface area (Å²) < 4.78 is 10.5. The molecule has 2 N–H and O–H groups in total. The van der Waals surface area contributed by atoms with Crippen LogP contribution in [0.1, 0.15) is 54.4 Å². The Morgan fingerprint density at radius 2 is 1.64 bits per heavy atom. The van der Waals surface area contributed by atoms with Crippen molar-refractivity contribution >= 4 is 18.0 Å². The van der Waals surface area contributed by atoms with Gasteiger partial charge in [-0.1, -0.05) is 0 Å². The van der Waals surface area contributed by atoms with Crippen LogP contribution in [0.4, 0.5) is 9.59 Å². The number of aliphatic imine (C=N–C) groups is 1. The van der Waals surface area contributed by atoms with Crippen molar-refractivity contribution in [1.82, 2.24) is 4.90 Å². The smallest absolute Gasteiger partial charge is 0.435 e. The van der Waals surface area contributed by atoms with Crippen LogP contribution in [0.15, 0.2) is 4.99 Å². The Morgan fingerprint density at radius 1 is 1.09 bits per heavy atom. The summed E-state index contributed by atoms with van der Waals surface area (Å²) in [7, 11) is 0. The molecule has 22 heavy (non-hydrogen) atoms. The maximum absolute atomic E-state index is 12.2. The lowest BCUT2D eigenvalue weighted by Gasteiger charge is -2.28. The zero-order valence-corrected chi connectivity index (χ0v) is 14.3. The van der Waals surface area contributed by atoms with Gasteiger partial charge in [-0.2, -0.15) is 4.99 Å². The zero-order valence-electron chi connectivity index (χ0n) is 14.3. The van der Waals surface area contributed by atoms with E-state index in [1.165, 1.54) is 4.90 Å². The summed E-state index contributed by atoms with van der Waals surface area (Å²) in [4.78, 5) is 29.1. The molecular weight excluding hydrogens is 286 g/mol. The van der Waals surface area contributed by atoms with Crippen LogP contribution in [0.5, 0.6) is 0 Å². The maximum Gasteiger partial charge on any atom is 0.435 e. The van der Waals surface area contributed by atoms with E-state index in [1.54, 1.807) is 41.5 Å². The van der Waals surface area contributed by atoms with Crippen molar-refractivity contribution in [2.75, 3.05) is 6.54 Å². The quantitative estimate of drug-likeness (QED) is 0.593. The van der Waals surface area contributed by atoms with Gasteiger partial charge in [0.2, 0.25) is 0 Å². The summed E-state index contributed by atoms with van der Waals surface area (Å²) in [5.74, 6) is 0.0811. The number of amidine groups is 1. The van der Waals surface area contributed by atoms with Crippen LogP contribution in [-0.4, -0.2) is 46.7 Å². The number of likely N-dealkylation sites (tertiary alicyclic amines) is 1. The van der Waals surface area contributed by atoms with E-state index in [0.717, 1.165) is 6.42 Å². The Morgan fingerprint density at radius 3 is 2.14 bits per heavy atom. The molecule has 0 aliphatic carbocycles. The summed E-state index contributed by atoms with van der Waals surface area (Å²) >= 11 is 0. The van der Waals surface area contributed by atoms with Gasteiger partial charge in [-0.05, 0) is 54.4 Å². The van der Waals surface area contributed by atoms with E-state index in [2.05, 4.69) is 4.99 Å². The van der Waals surface area contributed by atoms with Crippen LogP contribution >= 0.6 is 0 Å². The van der Waals surface area contributed by atoms with Gasteiger partial charge < -0.3 is 15.2 Å². The number of rotatable bonds is 1. The number of nitrogens with zero attached hydrogens (tertiary/aromatic N) is 2. The molecule has 1 aliphatic heterocycles. The Bertz CT molecular complexity index is 460. The van der Waals surface area contributed by atoms with Crippen molar-refractivity contribution < 1.29 is 19.1 Å². The molecule has 0 aromatic rings. The fourth-order valence-electron chi connectivity index (χ4n) is 2.08. The molecule has 126 valence electrons. The fraction of sp³-hybridized carbons (Fsp3) is 0.800. The molecule has 0 aromatic carbocycles. The number of carbonyl (C=O) groups excluding carboxylic acids is 2. The van der Waals surface area contributed by atoms with E-state index in [9.17, 15) is 9.59 Å². The minimum atomic E-state index is -0.749. The minimum absolute atomic E-state index is 0.0811. The van der Waals surface area contributed by atoms with Crippen molar-refractivity contribution in [2.24, 2.45) is 10.7 Å². The molecule has 1 saturated heterocycles. The summed E-state index contributed by atoms with van der Waals surface area (Å²) in [6, 6.07) is -0.428. The Labute approximate surface area is 131 Å². The van der Waals surface area contributed by atoms with Crippen LogP contribution in [0.3, 0.4) is 0 Å². The minimum Gasteiger partial charge on any atom is -0.444 e. The van der Waals surface area contributed by atoms with Crippen molar-refractivity contribution in [3.63, 3.8) is 0 Å². The summed E-state index contributed by atoms with van der Waals surface area (Å²) in [6.45, 7) is 11.2. The molecule has 0 aromatic heterocycles. The van der Waals surface area contributed by atoms with Gasteiger partial charge >= 0.3 is 12.2 Å². The third-order valence-corrected chi connectivity index (χ3v) is 2.84. The van der Waals surface area contributed by atoms with E-state index in [1.807, 2.05) is 0 Å². The molecule has 0 radical (unpaired) electrons. The van der Waals surface area contributed by atoms with Gasteiger partial charge in [-0.15, -0.1) is 0 Å². The first-order chi connectivity index (χ1) is 9.89. The van der Waals surface area contributed by atoms with Gasteiger partial charge in [0.15, 0.2) is 0 Å². The largest absolute Gasteiger partial charge is 0.444 e. The molecular formula is C15H27N3O4. The van der Waals surface area contributed by atoms with Crippen LogP contribution in [-0.2, 0) is 9.47 Å². The third kappa shape index (κ3) is 5.91. The van der Waals surface area contributed by atoms with Gasteiger partial charge in [0.1, 0.15) is 17.0 Å². The predicted molar refractivity (Wildman–Crippen MR) is 83.8 cm³/mol. The summed E-state index contributed by atoms with van der Waals surface area (Å²) in [6.07, 6.45) is 0.240. The molecule has 0 bridgehead atoms. The van der Waals surface area contributed by atoms with Crippen molar-refractivity contribution in [2.45, 2.75) is 71.6 Å². The van der Waals surface area contributed by atoms with Gasteiger partial charge in [0.25, 0.3) is 0 Å². The number of amides is 2. The van der Waals surface area contributed by atoms with E-state index in [0.29, 0.717) is 13.0 Å². The molecule has 1 fully saturated rings. The van der Waals surface area contributed by atoms with Crippen LogP contribution in [0.2, 0.25) is 0 Å². The third-order valence-electron chi connectivity index (χ3n) is 2.84. The normalized spacial score (nSPS) is 20.0. The average Bonchev–Trinajstić information content (AvgIpc) is 2.71. The van der Waals surface area contributed by atoms with Crippen LogP contribution < -0.4 is 5.73 Å². The first-order valence-corrected chi connectivity index (χ1v) is 7.46. The lowest BCUT2D eigenvalue weighted by atomic mass is 10.2. The topological polar surface area (TPSA) is 94.2 Å². The van der Waals surface area contributed by atoms with Gasteiger partial charge in [0.05, 0.1) is 6.04 Å². The molecule has 0 saturated carbocycles. The Hall–Kier alpha value is -1.79. The Balaban J connectivity index is 2.77. The highest BCUT2D eigenvalue weighted by Gasteiger charge is 2.35. The van der Waals surface area contributed by atoms with Crippen LogP contribution in [0, 0.1) is 0 Å². The van der Waals surface area contributed by atoms with Gasteiger partial charge in [-0.3, -0.25) is 4.90 Å². The summed E-state index contributed by atoms with van der Waals surface area (Å²) in [5, 5.41) is 0. The number of hydrogen-bond donors (Lipinski definition) is 1. The standard InChI is InChI=1S/C15H27N3O4/c1-14(2,3)21-12(19)17-11(16)10-8-7-9-18(10)13(20)22-15(4,5)6/h10H,7-9H2,1-6H3,(H2,16,17,19)/t10-/m1/s1. The highest BCUT2D eigenvalue weighted by atomic mass is 16.6. The van der Waals surface area contributed by atoms with Gasteiger partial charge in [-0.25, -0.2) is 9.59 Å². The second-order valence-electron chi connectivity index (χ2n) is 7.35. The second kappa shape index (κ2) is 6.54. The molecule has 1 heterocycles. The van der Waals surface area contributed by atoms with Crippen molar-refractivity contribution in [1.29, 1.82) is 0 Å². The van der Waals surface area contributed by atoms with Crippen LogP contribution in [0.25, 0.3) is 0 Å². The molecule has 0 spiro atoms. The number of nitrogens with two attached hydrogens (primary N) is 1. The number of carbonyl (C=O) groups is 2. The first-order valence-electron chi connectivity index (χ1n) is 7.46. The monoisotopic (exact) mass is 313 g/mol. The van der Waals surface area contributed by atoms with Crippen molar-refractivity contribution in [3.05, 3.63) is 0 Å². The van der Waals surface area contributed by atoms with E-state index in [4.69, 9.17) is 15.2 Å². The summed E-state index contributed by atoms with van der Waals surface area (Å²) in [5.41, 5.74) is 4.67.